The van der Waals surface area contributed by atoms with Crippen molar-refractivity contribution in [2.24, 2.45) is 5.10 Å². The maximum absolute atomic E-state index is 13.2. The lowest BCUT2D eigenvalue weighted by atomic mass is 10.0. The number of fused-ring (bicyclic) bond motifs is 1. The van der Waals surface area contributed by atoms with E-state index in [4.69, 9.17) is 9.47 Å². The van der Waals surface area contributed by atoms with Crippen LogP contribution in [0.5, 0.6) is 11.5 Å². The van der Waals surface area contributed by atoms with E-state index in [0.717, 1.165) is 28.3 Å². The second-order valence-corrected chi connectivity index (χ2v) is 6.53. The first-order valence-electron chi connectivity index (χ1n) is 9.20. The Bertz CT molecular complexity index is 1030. The standard InChI is InChI=1S/C23H21N3O3/c1-28-18-11-7-16(8-12-18)15-24-26-22(17-9-13-19(29-2)14-10-17)25-21-6-4-3-5-20(21)23(26)27/h3-15,22,25H,1-2H3/b24-15-/t22-/m1/s1. The third-order valence-electron chi connectivity index (χ3n) is 4.78. The van der Waals surface area contributed by atoms with Crippen LogP contribution >= 0.6 is 0 Å². The molecule has 1 aliphatic heterocycles. The van der Waals surface area contributed by atoms with Crippen LogP contribution in [0.2, 0.25) is 0 Å². The van der Waals surface area contributed by atoms with Gasteiger partial charge >= 0.3 is 0 Å². The molecule has 1 amide bonds. The average molecular weight is 387 g/mol. The highest BCUT2D eigenvalue weighted by Gasteiger charge is 2.32. The number of hydrogen-bond donors (Lipinski definition) is 1. The first kappa shape index (κ1) is 18.6. The summed E-state index contributed by atoms with van der Waals surface area (Å²) in [4.78, 5) is 13.2. The summed E-state index contributed by atoms with van der Waals surface area (Å²) in [6.07, 6.45) is 1.24. The second-order valence-electron chi connectivity index (χ2n) is 6.53. The van der Waals surface area contributed by atoms with Gasteiger partial charge in [-0.3, -0.25) is 4.79 Å². The first-order chi connectivity index (χ1) is 14.2. The number of hydrogen-bond acceptors (Lipinski definition) is 5. The maximum Gasteiger partial charge on any atom is 0.278 e. The van der Waals surface area contributed by atoms with Crippen molar-refractivity contribution in [3.63, 3.8) is 0 Å². The molecule has 4 rings (SSSR count). The zero-order chi connectivity index (χ0) is 20.2. The minimum atomic E-state index is -0.433. The van der Waals surface area contributed by atoms with Gasteiger partial charge in [-0.1, -0.05) is 24.3 Å². The Hall–Kier alpha value is -3.80. The molecule has 0 bridgehead atoms. The molecule has 0 saturated carbocycles. The predicted molar refractivity (Wildman–Crippen MR) is 113 cm³/mol. The zero-order valence-electron chi connectivity index (χ0n) is 16.2. The minimum absolute atomic E-state index is 0.162. The number of hydrazone groups is 1. The van der Waals surface area contributed by atoms with Gasteiger partial charge < -0.3 is 14.8 Å². The highest BCUT2D eigenvalue weighted by Crippen LogP contribution is 2.33. The number of anilines is 1. The number of ether oxygens (including phenoxy) is 2. The molecule has 146 valence electrons. The summed E-state index contributed by atoms with van der Waals surface area (Å²) in [6.45, 7) is 0. The van der Waals surface area contributed by atoms with Gasteiger partial charge in [0.05, 0.1) is 26.0 Å². The van der Waals surface area contributed by atoms with Gasteiger partial charge in [0.25, 0.3) is 5.91 Å². The second kappa shape index (κ2) is 8.06. The highest BCUT2D eigenvalue weighted by molar-refractivity contribution is 6.02. The van der Waals surface area contributed by atoms with Crippen LogP contribution in [0.4, 0.5) is 5.69 Å². The van der Waals surface area contributed by atoms with Crippen molar-refractivity contribution in [2.45, 2.75) is 6.17 Å². The Balaban J connectivity index is 1.69. The zero-order valence-corrected chi connectivity index (χ0v) is 16.2. The van der Waals surface area contributed by atoms with Crippen molar-refractivity contribution in [1.82, 2.24) is 5.01 Å². The van der Waals surface area contributed by atoms with Crippen molar-refractivity contribution in [2.75, 3.05) is 19.5 Å². The number of carbonyl (C=O) groups is 1. The van der Waals surface area contributed by atoms with E-state index < -0.39 is 6.17 Å². The number of amides is 1. The molecule has 1 atom stereocenters. The molecule has 6 heteroatoms. The van der Waals surface area contributed by atoms with Gasteiger partial charge in [0.2, 0.25) is 0 Å². The van der Waals surface area contributed by atoms with Crippen molar-refractivity contribution in [1.29, 1.82) is 0 Å². The van der Waals surface area contributed by atoms with Gasteiger partial charge in [-0.05, 0) is 59.7 Å². The SMILES string of the molecule is COc1ccc(/C=N\N2C(=O)c3ccccc3N[C@H]2c2ccc(OC)cc2)cc1. The lowest BCUT2D eigenvalue weighted by Crippen LogP contribution is -2.39. The Morgan fingerprint density at radius 1 is 0.897 bits per heavy atom. The summed E-state index contributed by atoms with van der Waals surface area (Å²) in [7, 11) is 3.25. The van der Waals surface area contributed by atoms with Crippen LogP contribution in [-0.2, 0) is 0 Å². The molecule has 3 aromatic rings. The van der Waals surface area contributed by atoms with E-state index in [2.05, 4.69) is 10.4 Å². The van der Waals surface area contributed by atoms with Crippen LogP contribution in [0.25, 0.3) is 0 Å². The highest BCUT2D eigenvalue weighted by atomic mass is 16.5. The summed E-state index contributed by atoms with van der Waals surface area (Å²) >= 11 is 0. The van der Waals surface area contributed by atoms with E-state index in [1.165, 1.54) is 5.01 Å². The van der Waals surface area contributed by atoms with E-state index in [1.54, 1.807) is 26.5 Å². The fourth-order valence-electron chi connectivity index (χ4n) is 3.19. The van der Waals surface area contributed by atoms with Crippen LogP contribution in [0.1, 0.15) is 27.7 Å². The number of carbonyl (C=O) groups excluding carboxylic acids is 1. The third-order valence-corrected chi connectivity index (χ3v) is 4.78. The number of methoxy groups -OCH3 is 2. The lowest BCUT2D eigenvalue weighted by Gasteiger charge is -2.34. The quantitative estimate of drug-likeness (QED) is 0.663. The molecule has 6 nitrogen and oxygen atoms in total. The topological polar surface area (TPSA) is 63.2 Å². The predicted octanol–water partition coefficient (Wildman–Crippen LogP) is 4.30. The maximum atomic E-state index is 13.2. The molecule has 0 fully saturated rings. The van der Waals surface area contributed by atoms with E-state index in [-0.39, 0.29) is 5.91 Å². The van der Waals surface area contributed by atoms with Gasteiger partial charge in [-0.25, -0.2) is 5.01 Å². The van der Waals surface area contributed by atoms with Gasteiger partial charge in [0.1, 0.15) is 11.5 Å². The van der Waals surface area contributed by atoms with Crippen LogP contribution in [0.3, 0.4) is 0 Å². The van der Waals surface area contributed by atoms with E-state index in [1.807, 2.05) is 66.7 Å². The molecular formula is C23H21N3O3. The van der Waals surface area contributed by atoms with E-state index in [0.29, 0.717) is 5.56 Å². The van der Waals surface area contributed by atoms with Crippen LogP contribution in [0.15, 0.2) is 77.9 Å². The van der Waals surface area contributed by atoms with Crippen LogP contribution in [0, 0.1) is 0 Å². The summed E-state index contributed by atoms with van der Waals surface area (Å²) < 4.78 is 10.4. The normalized spacial score (nSPS) is 15.7. The summed E-state index contributed by atoms with van der Waals surface area (Å²) in [6, 6.07) is 22.5. The third kappa shape index (κ3) is 3.78. The lowest BCUT2D eigenvalue weighted by molar-refractivity contribution is 0.0691. The largest absolute Gasteiger partial charge is 0.497 e. The van der Waals surface area contributed by atoms with Gasteiger partial charge in [-0.15, -0.1) is 0 Å². The Kier molecular flexibility index (Phi) is 5.16. The van der Waals surface area contributed by atoms with Crippen molar-refractivity contribution < 1.29 is 14.3 Å². The molecule has 0 aromatic heterocycles. The fraction of sp³-hybridized carbons (Fsp3) is 0.130. The van der Waals surface area contributed by atoms with E-state index >= 15 is 0 Å². The van der Waals surface area contributed by atoms with Gasteiger partial charge in [-0.2, -0.15) is 5.10 Å². The Labute approximate surface area is 169 Å². The molecule has 1 aliphatic rings. The minimum Gasteiger partial charge on any atom is -0.497 e. The first-order valence-corrected chi connectivity index (χ1v) is 9.20. The molecule has 0 aliphatic carbocycles. The smallest absolute Gasteiger partial charge is 0.278 e. The molecule has 1 N–H and O–H groups in total. The van der Waals surface area contributed by atoms with Gasteiger partial charge in [0.15, 0.2) is 6.17 Å². The number of benzene rings is 3. The average Bonchev–Trinajstić information content (AvgIpc) is 2.79. The molecule has 1 heterocycles. The summed E-state index contributed by atoms with van der Waals surface area (Å²) in [5.74, 6) is 1.36. The fourth-order valence-corrected chi connectivity index (χ4v) is 3.19. The molecule has 0 saturated heterocycles. The summed E-state index contributed by atoms with van der Waals surface area (Å²) in [5.41, 5.74) is 3.14. The van der Waals surface area contributed by atoms with Crippen molar-refractivity contribution >= 4 is 17.8 Å². The summed E-state index contributed by atoms with van der Waals surface area (Å²) in [5, 5.41) is 9.40. The molecule has 0 spiro atoms. The molecule has 3 aromatic carbocycles. The number of nitrogens with zero attached hydrogens (tertiary/aromatic N) is 2. The number of para-hydroxylation sites is 1. The van der Waals surface area contributed by atoms with Gasteiger partial charge in [0, 0.05) is 5.69 Å². The number of nitrogens with one attached hydrogen (secondary N) is 1. The molecular weight excluding hydrogens is 366 g/mol. The van der Waals surface area contributed by atoms with E-state index in [9.17, 15) is 4.79 Å². The van der Waals surface area contributed by atoms with Crippen molar-refractivity contribution in [3.8, 4) is 11.5 Å². The molecule has 0 radical (unpaired) electrons. The number of rotatable bonds is 5. The Morgan fingerprint density at radius 2 is 1.52 bits per heavy atom. The van der Waals surface area contributed by atoms with Crippen LogP contribution < -0.4 is 14.8 Å². The Morgan fingerprint density at radius 3 is 2.17 bits per heavy atom. The van der Waals surface area contributed by atoms with Crippen LogP contribution in [-0.4, -0.2) is 31.4 Å². The molecule has 29 heavy (non-hydrogen) atoms. The monoisotopic (exact) mass is 387 g/mol. The molecule has 0 unspecified atom stereocenters. The van der Waals surface area contributed by atoms with Crippen molar-refractivity contribution in [3.05, 3.63) is 89.5 Å².